The van der Waals surface area contributed by atoms with Gasteiger partial charge in [0.05, 0.1) is 12.7 Å². The van der Waals surface area contributed by atoms with Crippen molar-refractivity contribution in [1.82, 2.24) is 9.97 Å². The number of benzene rings is 1. The summed E-state index contributed by atoms with van der Waals surface area (Å²) in [6.45, 7) is 0.892. The maximum atomic E-state index is 14.0. The average Bonchev–Trinajstić information content (AvgIpc) is 2.69. The van der Waals surface area contributed by atoms with E-state index in [1.165, 1.54) is 13.3 Å². The second-order valence-corrected chi connectivity index (χ2v) is 6.08. The number of aromatic nitrogens is 2. The van der Waals surface area contributed by atoms with E-state index in [0.29, 0.717) is 47.2 Å². The highest BCUT2D eigenvalue weighted by Gasteiger charge is 2.24. The van der Waals surface area contributed by atoms with Gasteiger partial charge in [0, 0.05) is 42.5 Å². The first kappa shape index (κ1) is 16.4. The van der Waals surface area contributed by atoms with Crippen LogP contribution in [0.1, 0.15) is 21.5 Å². The molecular weight excluding hydrogens is 340 g/mol. The van der Waals surface area contributed by atoms with Crippen molar-refractivity contribution < 1.29 is 18.3 Å². The number of halogens is 2. The molecule has 3 aromatic rings. The quantitative estimate of drug-likeness (QED) is 0.661. The minimum absolute atomic E-state index is 0.360. The summed E-state index contributed by atoms with van der Waals surface area (Å²) in [6, 6.07) is 4.48. The van der Waals surface area contributed by atoms with Gasteiger partial charge in [-0.2, -0.15) is 0 Å². The molecule has 0 bridgehead atoms. The molecule has 0 aliphatic carbocycles. The molecule has 1 aliphatic heterocycles. The van der Waals surface area contributed by atoms with Crippen LogP contribution in [0.15, 0.2) is 36.8 Å². The predicted octanol–water partition coefficient (Wildman–Crippen LogP) is 3.26. The fourth-order valence-corrected chi connectivity index (χ4v) is 3.37. The lowest BCUT2D eigenvalue weighted by Gasteiger charge is -2.30. The van der Waals surface area contributed by atoms with Crippen LogP contribution in [0.25, 0.3) is 10.8 Å². The van der Waals surface area contributed by atoms with Crippen molar-refractivity contribution in [1.29, 1.82) is 0 Å². The Morgan fingerprint density at radius 1 is 1.19 bits per heavy atom. The molecule has 2 aromatic heterocycles. The van der Waals surface area contributed by atoms with Gasteiger partial charge in [0.25, 0.3) is 0 Å². The number of hydrogen-bond donors (Lipinski definition) is 0. The zero-order valence-corrected chi connectivity index (χ0v) is 14.0. The standard InChI is InChI=1S/C19H15F2N3O2/c1-26-19(25)15-9-22-8-14-13(15)4-6-23-18(14)24-7-5-12-11(10-24)2-3-16(20)17(12)21/h2-4,6,8-9H,5,7,10H2,1H3. The second kappa shape index (κ2) is 6.33. The number of carbonyl (C=O) groups is 1. The average molecular weight is 355 g/mol. The SMILES string of the molecule is COC(=O)c1cncc2c(N3CCc4c(ccc(F)c4F)C3)nccc12. The van der Waals surface area contributed by atoms with Gasteiger partial charge in [-0.1, -0.05) is 6.07 Å². The maximum absolute atomic E-state index is 14.0. The Morgan fingerprint density at radius 3 is 2.85 bits per heavy atom. The zero-order chi connectivity index (χ0) is 18.3. The van der Waals surface area contributed by atoms with E-state index in [1.54, 1.807) is 24.5 Å². The lowest BCUT2D eigenvalue weighted by atomic mass is 9.98. The highest BCUT2D eigenvalue weighted by molar-refractivity contribution is 6.06. The maximum Gasteiger partial charge on any atom is 0.340 e. The molecule has 0 fully saturated rings. The number of hydrogen-bond acceptors (Lipinski definition) is 5. The lowest BCUT2D eigenvalue weighted by molar-refractivity contribution is 0.0602. The summed E-state index contributed by atoms with van der Waals surface area (Å²) in [5.41, 5.74) is 1.50. The highest BCUT2D eigenvalue weighted by atomic mass is 19.2. The molecule has 1 aromatic carbocycles. The summed E-state index contributed by atoms with van der Waals surface area (Å²) in [5.74, 6) is -1.42. The molecule has 0 atom stereocenters. The predicted molar refractivity (Wildman–Crippen MR) is 92.0 cm³/mol. The molecule has 0 spiro atoms. The molecule has 0 saturated heterocycles. The van der Waals surface area contributed by atoms with Gasteiger partial charge in [-0.15, -0.1) is 0 Å². The van der Waals surface area contributed by atoms with Crippen LogP contribution in [0.2, 0.25) is 0 Å². The number of carbonyl (C=O) groups excluding carboxylic acids is 1. The third-order valence-corrected chi connectivity index (χ3v) is 4.66. The van der Waals surface area contributed by atoms with Crippen LogP contribution < -0.4 is 4.90 Å². The summed E-state index contributed by atoms with van der Waals surface area (Å²) >= 11 is 0. The van der Waals surface area contributed by atoms with E-state index in [2.05, 4.69) is 9.97 Å². The Kier molecular flexibility index (Phi) is 3.99. The molecular formula is C19H15F2N3O2. The molecule has 7 heteroatoms. The minimum atomic E-state index is -0.826. The fraction of sp³-hybridized carbons (Fsp3) is 0.211. The third kappa shape index (κ3) is 2.56. The number of esters is 1. The van der Waals surface area contributed by atoms with Crippen LogP contribution in [0.3, 0.4) is 0 Å². The number of pyridine rings is 2. The molecule has 1 aliphatic rings. The molecule has 0 amide bonds. The largest absolute Gasteiger partial charge is 0.465 e. The number of fused-ring (bicyclic) bond motifs is 2. The number of nitrogens with zero attached hydrogens (tertiary/aromatic N) is 3. The summed E-state index contributed by atoms with van der Waals surface area (Å²) in [4.78, 5) is 22.5. The van der Waals surface area contributed by atoms with E-state index in [1.807, 2.05) is 4.90 Å². The smallest absolute Gasteiger partial charge is 0.340 e. The van der Waals surface area contributed by atoms with E-state index in [-0.39, 0.29) is 0 Å². The molecule has 0 unspecified atom stereocenters. The van der Waals surface area contributed by atoms with Gasteiger partial charge in [-0.25, -0.2) is 18.6 Å². The monoisotopic (exact) mass is 355 g/mol. The van der Waals surface area contributed by atoms with Gasteiger partial charge in [-0.3, -0.25) is 4.98 Å². The van der Waals surface area contributed by atoms with Gasteiger partial charge in [-0.05, 0) is 29.7 Å². The first-order chi connectivity index (χ1) is 12.6. The number of rotatable bonds is 2. The number of methoxy groups -OCH3 is 1. The lowest BCUT2D eigenvalue weighted by Crippen LogP contribution is -2.32. The van der Waals surface area contributed by atoms with Crippen molar-refractivity contribution >= 4 is 22.6 Å². The molecule has 132 valence electrons. The third-order valence-electron chi connectivity index (χ3n) is 4.66. The Hall–Kier alpha value is -3.09. The van der Waals surface area contributed by atoms with Crippen molar-refractivity contribution in [3.8, 4) is 0 Å². The summed E-state index contributed by atoms with van der Waals surface area (Å²) in [7, 11) is 1.32. The molecule has 3 heterocycles. The van der Waals surface area contributed by atoms with E-state index >= 15 is 0 Å². The first-order valence-electron chi connectivity index (χ1n) is 8.12. The fourth-order valence-electron chi connectivity index (χ4n) is 3.37. The van der Waals surface area contributed by atoms with E-state index in [9.17, 15) is 13.6 Å². The van der Waals surface area contributed by atoms with Crippen LogP contribution in [0.5, 0.6) is 0 Å². The molecule has 0 N–H and O–H groups in total. The van der Waals surface area contributed by atoms with Crippen LogP contribution in [0.4, 0.5) is 14.6 Å². The normalized spacial score (nSPS) is 13.6. The Labute approximate surface area is 148 Å². The van der Waals surface area contributed by atoms with Crippen molar-refractivity contribution in [2.75, 3.05) is 18.6 Å². The van der Waals surface area contributed by atoms with E-state index in [4.69, 9.17) is 4.74 Å². The van der Waals surface area contributed by atoms with Crippen molar-refractivity contribution in [3.05, 3.63) is 65.1 Å². The van der Waals surface area contributed by atoms with Crippen molar-refractivity contribution in [3.63, 3.8) is 0 Å². The second-order valence-electron chi connectivity index (χ2n) is 6.08. The highest BCUT2D eigenvalue weighted by Crippen LogP contribution is 2.31. The van der Waals surface area contributed by atoms with E-state index in [0.717, 1.165) is 11.6 Å². The van der Waals surface area contributed by atoms with Gasteiger partial charge in [0.2, 0.25) is 0 Å². The van der Waals surface area contributed by atoms with Gasteiger partial charge >= 0.3 is 5.97 Å². The first-order valence-corrected chi connectivity index (χ1v) is 8.12. The van der Waals surface area contributed by atoms with Crippen LogP contribution in [-0.4, -0.2) is 29.6 Å². The summed E-state index contributed by atoms with van der Waals surface area (Å²) < 4.78 is 32.2. The Morgan fingerprint density at radius 2 is 2.04 bits per heavy atom. The van der Waals surface area contributed by atoms with Crippen molar-refractivity contribution in [2.24, 2.45) is 0 Å². The van der Waals surface area contributed by atoms with E-state index < -0.39 is 17.6 Å². The van der Waals surface area contributed by atoms with Crippen LogP contribution >= 0.6 is 0 Å². The zero-order valence-electron chi connectivity index (χ0n) is 14.0. The molecule has 5 nitrogen and oxygen atoms in total. The van der Waals surface area contributed by atoms with Gasteiger partial charge in [0.15, 0.2) is 11.6 Å². The summed E-state index contributed by atoms with van der Waals surface area (Å²) in [6.07, 6.45) is 5.10. The minimum Gasteiger partial charge on any atom is -0.465 e. The molecule has 4 rings (SSSR count). The molecule has 0 radical (unpaired) electrons. The molecule has 0 saturated carbocycles. The van der Waals surface area contributed by atoms with Gasteiger partial charge in [0.1, 0.15) is 5.82 Å². The van der Waals surface area contributed by atoms with Gasteiger partial charge < -0.3 is 9.64 Å². The topological polar surface area (TPSA) is 55.3 Å². The Balaban J connectivity index is 1.78. The molecule has 26 heavy (non-hydrogen) atoms. The Bertz CT molecular complexity index is 1020. The van der Waals surface area contributed by atoms with Crippen LogP contribution in [-0.2, 0) is 17.7 Å². The van der Waals surface area contributed by atoms with Crippen LogP contribution in [0, 0.1) is 11.6 Å². The number of anilines is 1. The summed E-state index contributed by atoms with van der Waals surface area (Å²) in [5, 5.41) is 1.40. The van der Waals surface area contributed by atoms with Crippen molar-refractivity contribution in [2.45, 2.75) is 13.0 Å². The number of ether oxygens (including phenoxy) is 1.